The predicted octanol–water partition coefficient (Wildman–Crippen LogP) is 3.85. The van der Waals surface area contributed by atoms with E-state index in [1.807, 2.05) is 0 Å². The molecule has 2 aromatic carbocycles. The number of carbonyl (C=O) groups excluding carboxylic acids is 1. The van der Waals surface area contributed by atoms with Crippen LogP contribution in [0.3, 0.4) is 0 Å². The molecular weight excluding hydrogens is 258 g/mol. The molecule has 1 unspecified atom stereocenters. The fraction of sp³-hybridized carbons (Fsp3) is 0.316. The number of rotatable bonds is 8. The van der Waals surface area contributed by atoms with Crippen LogP contribution in [0, 0.1) is 6.92 Å². The molecule has 0 fully saturated rings. The van der Waals surface area contributed by atoms with E-state index >= 15 is 0 Å². The van der Waals surface area contributed by atoms with E-state index in [1.165, 1.54) is 16.7 Å². The number of carbonyl (C=O) groups is 1. The Morgan fingerprint density at radius 1 is 1.05 bits per heavy atom. The van der Waals surface area contributed by atoms with Crippen molar-refractivity contribution in [2.45, 2.75) is 32.1 Å². The van der Waals surface area contributed by atoms with Crippen LogP contribution in [0.5, 0.6) is 0 Å². The Morgan fingerprint density at radius 3 is 2.43 bits per heavy atom. The Balaban J connectivity index is 2.04. The lowest BCUT2D eigenvalue weighted by molar-refractivity contribution is -0.109. The molecular formula is C19H23NO. The average molecular weight is 281 g/mol. The minimum Gasteiger partial charge on any atom is -0.359 e. The summed E-state index contributed by atoms with van der Waals surface area (Å²) in [5, 5.41) is 2.75. The molecule has 2 aromatic rings. The average Bonchev–Trinajstić information content (AvgIpc) is 2.53. The molecule has 0 aliphatic heterocycles. The quantitative estimate of drug-likeness (QED) is 0.578. The summed E-state index contributed by atoms with van der Waals surface area (Å²) in [6.07, 6.45) is 3.91. The Labute approximate surface area is 127 Å². The van der Waals surface area contributed by atoms with Crippen LogP contribution in [0.15, 0.2) is 54.6 Å². The van der Waals surface area contributed by atoms with Gasteiger partial charge in [0, 0.05) is 6.54 Å². The van der Waals surface area contributed by atoms with E-state index in [9.17, 15) is 4.79 Å². The SMILES string of the molecule is Cc1ccc(CC(CCCNC=O)c2ccccc2)cc1. The summed E-state index contributed by atoms with van der Waals surface area (Å²) < 4.78 is 0. The molecule has 21 heavy (non-hydrogen) atoms. The summed E-state index contributed by atoms with van der Waals surface area (Å²) in [5.41, 5.74) is 4.05. The third-order valence-electron chi connectivity index (χ3n) is 3.83. The van der Waals surface area contributed by atoms with Crippen LogP contribution in [0.2, 0.25) is 0 Å². The molecule has 0 aromatic heterocycles. The van der Waals surface area contributed by atoms with Gasteiger partial charge in [0.2, 0.25) is 6.41 Å². The minimum absolute atomic E-state index is 0.502. The highest BCUT2D eigenvalue weighted by molar-refractivity contribution is 5.45. The highest BCUT2D eigenvalue weighted by atomic mass is 16.1. The third kappa shape index (κ3) is 5.07. The first-order chi connectivity index (χ1) is 10.3. The summed E-state index contributed by atoms with van der Waals surface area (Å²) in [6, 6.07) is 19.4. The number of benzene rings is 2. The topological polar surface area (TPSA) is 29.1 Å². The second kappa shape index (κ2) is 8.25. The Morgan fingerprint density at radius 2 is 1.76 bits per heavy atom. The normalized spacial score (nSPS) is 11.9. The molecule has 0 saturated heterocycles. The number of aryl methyl sites for hydroxylation is 1. The maximum Gasteiger partial charge on any atom is 0.207 e. The van der Waals surface area contributed by atoms with E-state index in [-0.39, 0.29) is 0 Å². The predicted molar refractivity (Wildman–Crippen MR) is 87.4 cm³/mol. The van der Waals surface area contributed by atoms with E-state index in [4.69, 9.17) is 0 Å². The molecule has 2 rings (SSSR count). The van der Waals surface area contributed by atoms with Gasteiger partial charge in [0.15, 0.2) is 0 Å². The molecule has 1 N–H and O–H groups in total. The van der Waals surface area contributed by atoms with Gasteiger partial charge in [0.05, 0.1) is 0 Å². The van der Waals surface area contributed by atoms with E-state index in [0.717, 1.165) is 32.2 Å². The van der Waals surface area contributed by atoms with E-state index in [1.54, 1.807) is 0 Å². The van der Waals surface area contributed by atoms with Crippen molar-refractivity contribution in [3.63, 3.8) is 0 Å². The highest BCUT2D eigenvalue weighted by Crippen LogP contribution is 2.25. The van der Waals surface area contributed by atoms with Crippen LogP contribution in [-0.4, -0.2) is 13.0 Å². The van der Waals surface area contributed by atoms with Crippen molar-refractivity contribution in [3.05, 3.63) is 71.3 Å². The number of hydrogen-bond donors (Lipinski definition) is 1. The van der Waals surface area contributed by atoms with E-state index < -0.39 is 0 Å². The van der Waals surface area contributed by atoms with Crippen LogP contribution in [0.4, 0.5) is 0 Å². The van der Waals surface area contributed by atoms with Crippen LogP contribution >= 0.6 is 0 Å². The summed E-state index contributed by atoms with van der Waals surface area (Å²) in [4.78, 5) is 10.3. The minimum atomic E-state index is 0.502. The highest BCUT2D eigenvalue weighted by Gasteiger charge is 2.12. The monoisotopic (exact) mass is 281 g/mol. The first-order valence-electron chi connectivity index (χ1n) is 7.57. The molecule has 1 atom stereocenters. The van der Waals surface area contributed by atoms with E-state index in [0.29, 0.717) is 5.92 Å². The largest absolute Gasteiger partial charge is 0.359 e. The van der Waals surface area contributed by atoms with Gasteiger partial charge in [-0.25, -0.2) is 0 Å². The van der Waals surface area contributed by atoms with Crippen molar-refractivity contribution in [1.29, 1.82) is 0 Å². The van der Waals surface area contributed by atoms with Gasteiger partial charge in [-0.05, 0) is 43.2 Å². The Bertz CT molecular complexity index is 533. The maximum absolute atomic E-state index is 10.3. The molecule has 2 heteroatoms. The molecule has 0 heterocycles. The summed E-state index contributed by atoms with van der Waals surface area (Å²) in [6.45, 7) is 2.87. The number of hydrogen-bond acceptors (Lipinski definition) is 1. The molecule has 0 saturated carbocycles. The first-order valence-corrected chi connectivity index (χ1v) is 7.57. The van der Waals surface area contributed by atoms with Crippen molar-refractivity contribution in [3.8, 4) is 0 Å². The van der Waals surface area contributed by atoms with Crippen LogP contribution in [0.25, 0.3) is 0 Å². The van der Waals surface area contributed by atoms with E-state index in [2.05, 4.69) is 66.8 Å². The van der Waals surface area contributed by atoms with Crippen LogP contribution in [0.1, 0.15) is 35.4 Å². The van der Waals surface area contributed by atoms with Gasteiger partial charge in [-0.15, -0.1) is 0 Å². The molecule has 1 amide bonds. The van der Waals surface area contributed by atoms with Crippen molar-refractivity contribution < 1.29 is 4.79 Å². The van der Waals surface area contributed by atoms with Crippen LogP contribution in [-0.2, 0) is 11.2 Å². The van der Waals surface area contributed by atoms with Gasteiger partial charge in [-0.3, -0.25) is 4.79 Å². The molecule has 110 valence electrons. The Kier molecular flexibility index (Phi) is 6.01. The fourth-order valence-corrected chi connectivity index (χ4v) is 2.63. The smallest absolute Gasteiger partial charge is 0.207 e. The zero-order chi connectivity index (χ0) is 14.9. The van der Waals surface area contributed by atoms with Crippen molar-refractivity contribution >= 4 is 6.41 Å². The zero-order valence-corrected chi connectivity index (χ0v) is 12.6. The van der Waals surface area contributed by atoms with Gasteiger partial charge in [0.1, 0.15) is 0 Å². The van der Waals surface area contributed by atoms with Crippen molar-refractivity contribution in [2.24, 2.45) is 0 Å². The van der Waals surface area contributed by atoms with Crippen LogP contribution < -0.4 is 5.32 Å². The van der Waals surface area contributed by atoms with Gasteiger partial charge < -0.3 is 5.32 Å². The lowest BCUT2D eigenvalue weighted by atomic mass is 9.88. The van der Waals surface area contributed by atoms with Gasteiger partial charge in [-0.1, -0.05) is 60.2 Å². The molecule has 0 bridgehead atoms. The lowest BCUT2D eigenvalue weighted by Crippen LogP contribution is -2.14. The molecule has 0 spiro atoms. The molecule has 0 aliphatic rings. The van der Waals surface area contributed by atoms with Crippen molar-refractivity contribution in [1.82, 2.24) is 5.32 Å². The fourth-order valence-electron chi connectivity index (χ4n) is 2.63. The molecule has 0 radical (unpaired) electrons. The Hall–Kier alpha value is -2.09. The summed E-state index contributed by atoms with van der Waals surface area (Å²) in [5.74, 6) is 0.502. The first kappa shape index (κ1) is 15.3. The van der Waals surface area contributed by atoms with Gasteiger partial charge in [0.25, 0.3) is 0 Å². The molecule has 0 aliphatic carbocycles. The second-order valence-electron chi connectivity index (χ2n) is 5.51. The number of amides is 1. The summed E-state index contributed by atoms with van der Waals surface area (Å²) in [7, 11) is 0. The van der Waals surface area contributed by atoms with Gasteiger partial charge in [-0.2, -0.15) is 0 Å². The molecule has 2 nitrogen and oxygen atoms in total. The maximum atomic E-state index is 10.3. The van der Waals surface area contributed by atoms with Crippen molar-refractivity contribution in [2.75, 3.05) is 6.54 Å². The standard InChI is InChI=1S/C19H23NO/c1-16-9-11-17(12-10-16)14-19(8-5-13-20-15-21)18-6-3-2-4-7-18/h2-4,6-7,9-12,15,19H,5,8,13-14H2,1H3,(H,20,21). The number of nitrogens with one attached hydrogen (secondary N) is 1. The third-order valence-corrected chi connectivity index (χ3v) is 3.83. The van der Waals surface area contributed by atoms with Gasteiger partial charge >= 0.3 is 0 Å². The zero-order valence-electron chi connectivity index (χ0n) is 12.6. The summed E-state index contributed by atoms with van der Waals surface area (Å²) >= 11 is 0. The lowest BCUT2D eigenvalue weighted by Gasteiger charge is -2.18. The second-order valence-corrected chi connectivity index (χ2v) is 5.51.